The van der Waals surface area contributed by atoms with Gasteiger partial charge >= 0.3 is 0 Å². The predicted molar refractivity (Wildman–Crippen MR) is 307 cm³/mol. The summed E-state index contributed by atoms with van der Waals surface area (Å²) in [5.41, 5.74) is 18.7. The number of para-hydroxylation sites is 1. The molecule has 4 aromatic rings. The summed E-state index contributed by atoms with van der Waals surface area (Å²) in [6, 6.07) is 31.5. The van der Waals surface area contributed by atoms with Gasteiger partial charge in [-0.05, 0) is 141 Å². The van der Waals surface area contributed by atoms with Crippen molar-refractivity contribution in [3.05, 3.63) is 237 Å². The van der Waals surface area contributed by atoms with E-state index in [1.54, 1.807) is 0 Å². The van der Waals surface area contributed by atoms with Crippen LogP contribution in [0.2, 0.25) is 0 Å². The van der Waals surface area contributed by atoms with Crippen molar-refractivity contribution in [2.75, 3.05) is 11.4 Å². The Balaban J connectivity index is 0.814. The zero-order chi connectivity index (χ0) is 50.8. The molecule has 0 bridgehead atoms. The van der Waals surface area contributed by atoms with Crippen molar-refractivity contribution in [2.45, 2.75) is 126 Å². The fraction of sp³-hybridized carbons (Fsp3) is 0.348. The van der Waals surface area contributed by atoms with Crippen LogP contribution in [0.25, 0.3) is 16.5 Å². The van der Waals surface area contributed by atoms with Crippen LogP contribution in [-0.4, -0.2) is 53.4 Å². The number of amidine groups is 1. The van der Waals surface area contributed by atoms with Crippen LogP contribution in [0, 0.1) is 29.9 Å². The number of ether oxygens (including phenoxy) is 1. The molecule has 1 saturated carbocycles. The molecule has 1 aromatic heterocycles. The molecule has 0 spiro atoms. The lowest BCUT2D eigenvalue weighted by molar-refractivity contribution is 0.0759. The van der Waals surface area contributed by atoms with Gasteiger partial charge in [-0.3, -0.25) is 5.32 Å². The van der Waals surface area contributed by atoms with Gasteiger partial charge in [0.1, 0.15) is 29.0 Å². The van der Waals surface area contributed by atoms with E-state index in [1.807, 2.05) is 12.1 Å². The third-order valence-corrected chi connectivity index (χ3v) is 19.4. The first-order valence-electron chi connectivity index (χ1n) is 29.0. The number of furan rings is 1. The normalized spacial score (nSPS) is 31.7. The SMILES string of the molecule is CC1(C2=C(C3=CC=CC4OC5C6=C(C=CC5C34)N(c3ccccc3)C3=CC=CCC36)NCC(c3cccc4oc5c(c34)CCC3=C5C4=CC=CCC4N3C3CCCCC3)C2)NC(c2c#cccc2)=NC(C2=CC=CCC2)N1. The zero-order valence-electron chi connectivity index (χ0n) is 44.0. The van der Waals surface area contributed by atoms with E-state index in [4.69, 9.17) is 14.1 Å². The van der Waals surface area contributed by atoms with Gasteiger partial charge in [-0.15, -0.1) is 0 Å². The summed E-state index contributed by atoms with van der Waals surface area (Å²) >= 11 is 0. The molecule has 2 fully saturated rings. The highest BCUT2D eigenvalue weighted by atomic mass is 16.5. The molecule has 8 nitrogen and oxygen atoms in total. The Kier molecular flexibility index (Phi) is 10.8. The average molecular weight is 1010 g/mol. The number of allylic oxidation sites excluding steroid dienone is 14. The minimum absolute atomic E-state index is 0.0447. The lowest BCUT2D eigenvalue weighted by Gasteiger charge is -2.46. The average Bonchev–Trinajstić information content (AvgIpc) is 4.43. The maximum Gasteiger partial charge on any atom is 0.140 e. The van der Waals surface area contributed by atoms with Crippen molar-refractivity contribution in [3.63, 3.8) is 0 Å². The van der Waals surface area contributed by atoms with Crippen LogP contribution in [0.15, 0.2) is 212 Å². The van der Waals surface area contributed by atoms with Gasteiger partial charge in [-0.2, -0.15) is 0 Å². The predicted octanol–water partition coefficient (Wildman–Crippen LogP) is 13.2. The maximum atomic E-state index is 7.44. The Labute approximate surface area is 453 Å². The summed E-state index contributed by atoms with van der Waals surface area (Å²) in [4.78, 5) is 10.8. The number of hydrogen-bond acceptors (Lipinski definition) is 8. The summed E-state index contributed by atoms with van der Waals surface area (Å²) in [5, 5.41) is 13.9. The van der Waals surface area contributed by atoms with E-state index in [0.29, 0.717) is 12.1 Å². The molecule has 3 N–H and O–H groups in total. The van der Waals surface area contributed by atoms with Crippen LogP contribution in [-0.2, 0) is 11.2 Å². The second-order valence-electron chi connectivity index (χ2n) is 23.6. The molecular weight excluding hydrogens is 945 g/mol. The Morgan fingerprint density at radius 2 is 1.71 bits per heavy atom. The Morgan fingerprint density at radius 1 is 0.831 bits per heavy atom. The van der Waals surface area contributed by atoms with E-state index in [0.717, 1.165) is 74.2 Å². The van der Waals surface area contributed by atoms with Gasteiger partial charge in [0.15, 0.2) is 0 Å². The third kappa shape index (κ3) is 7.22. The molecular formula is C69H66N6O2. The highest BCUT2D eigenvalue weighted by Gasteiger charge is 2.54. The second-order valence-corrected chi connectivity index (χ2v) is 23.6. The Hall–Kier alpha value is -7.31. The zero-order valence-corrected chi connectivity index (χ0v) is 44.0. The van der Waals surface area contributed by atoms with Gasteiger partial charge < -0.3 is 29.6 Å². The van der Waals surface area contributed by atoms with E-state index >= 15 is 0 Å². The van der Waals surface area contributed by atoms with Gasteiger partial charge in [0, 0.05) is 81.3 Å². The lowest BCUT2D eigenvalue weighted by Crippen LogP contribution is -2.65. The number of nitrogens with one attached hydrogen (secondary N) is 3. The van der Waals surface area contributed by atoms with Crippen molar-refractivity contribution in [1.29, 1.82) is 0 Å². The maximum absolute atomic E-state index is 7.44. The van der Waals surface area contributed by atoms with E-state index in [9.17, 15) is 0 Å². The largest absolute Gasteiger partial charge is 0.456 e. The second kappa shape index (κ2) is 18.1. The van der Waals surface area contributed by atoms with Crippen molar-refractivity contribution < 1.29 is 9.15 Å². The fourth-order valence-electron chi connectivity index (χ4n) is 16.1. The summed E-state index contributed by atoms with van der Waals surface area (Å²) in [5.74, 6) is 2.66. The van der Waals surface area contributed by atoms with Gasteiger partial charge in [0.05, 0.1) is 23.8 Å². The summed E-state index contributed by atoms with van der Waals surface area (Å²) in [7, 11) is 0. The summed E-state index contributed by atoms with van der Waals surface area (Å²) < 4.78 is 14.7. The number of benzene rings is 2. The van der Waals surface area contributed by atoms with Crippen LogP contribution in [0.3, 0.4) is 0 Å². The molecule has 9 atom stereocenters. The van der Waals surface area contributed by atoms with Crippen LogP contribution >= 0.6 is 0 Å². The number of fused-ring (bicyclic) bond motifs is 12. The number of hydrogen-bond donors (Lipinski definition) is 3. The molecule has 77 heavy (non-hydrogen) atoms. The van der Waals surface area contributed by atoms with Crippen LogP contribution in [0.5, 0.6) is 0 Å². The van der Waals surface area contributed by atoms with Gasteiger partial charge in [0.25, 0.3) is 0 Å². The molecule has 0 radical (unpaired) electrons. The minimum atomic E-state index is -0.718. The van der Waals surface area contributed by atoms with Crippen LogP contribution in [0.4, 0.5) is 5.69 Å². The molecule has 16 rings (SSSR count). The molecule has 12 aliphatic rings. The number of rotatable bonds is 7. The smallest absolute Gasteiger partial charge is 0.140 e. The third-order valence-electron chi connectivity index (χ3n) is 19.4. The van der Waals surface area contributed by atoms with Crippen LogP contribution < -0.4 is 20.9 Å². The van der Waals surface area contributed by atoms with Crippen molar-refractivity contribution in [1.82, 2.24) is 20.9 Å². The van der Waals surface area contributed by atoms with Crippen molar-refractivity contribution in [2.24, 2.45) is 22.7 Å². The molecule has 0 amide bonds. The van der Waals surface area contributed by atoms with Gasteiger partial charge in [-0.1, -0.05) is 141 Å². The lowest BCUT2D eigenvalue weighted by atomic mass is 9.70. The first-order chi connectivity index (χ1) is 38.1. The van der Waals surface area contributed by atoms with E-state index in [2.05, 4.69) is 184 Å². The first kappa shape index (κ1) is 45.8. The van der Waals surface area contributed by atoms with E-state index in [1.165, 1.54) is 111 Å². The summed E-state index contributed by atoms with van der Waals surface area (Å²) in [6.45, 7) is 3.16. The minimum Gasteiger partial charge on any atom is -0.456 e. The molecule has 6 heterocycles. The Morgan fingerprint density at radius 3 is 2.60 bits per heavy atom. The molecule has 384 valence electrons. The first-order valence-corrected chi connectivity index (χ1v) is 29.0. The fourth-order valence-corrected chi connectivity index (χ4v) is 16.1. The monoisotopic (exact) mass is 1010 g/mol. The summed E-state index contributed by atoms with van der Waals surface area (Å²) in [6.07, 6.45) is 45.8. The van der Waals surface area contributed by atoms with Gasteiger partial charge in [0.2, 0.25) is 0 Å². The molecule has 1 saturated heterocycles. The molecule has 9 unspecified atom stereocenters. The van der Waals surface area contributed by atoms with Crippen molar-refractivity contribution in [3.8, 4) is 0 Å². The number of aliphatic imine (C=N–C) groups is 1. The Bertz CT molecular complexity index is 3550. The molecule has 3 aromatic carbocycles. The standard InChI is InChI=1S/C69H66N6O2/c1-69(72-67(42-20-6-2-7-21-42)71-68(73-69)43-22-8-3-9-23-43)53-40-44(47-30-18-34-58-60(47)51-36-38-56-62(65(51)76-58)48-28-14-16-32-54(48)74(56)45-24-10-4-11-25-45)41-70-64(53)50-31-19-35-59-61(50)52-37-39-57-63(66(52)77-59)49-29-15-17-33-55(49)75(57)46-26-12-5-13-27-46/h2-3,5-6,8,12-20,22,26-28,30-31,33-35,37,39,44-45,49,52,54,59,61,66-67,70,72H,4,7,10-11,21,24-25,29,32,36,38,40-41H2,1H3,(H,71,73). The van der Waals surface area contributed by atoms with Gasteiger partial charge in [-0.25, -0.2) is 4.99 Å². The highest BCUT2D eigenvalue weighted by molar-refractivity contribution is 6.00. The number of aryl methyl sites for hydroxylation is 1. The van der Waals surface area contributed by atoms with E-state index in [-0.39, 0.29) is 42.0 Å². The van der Waals surface area contributed by atoms with E-state index < -0.39 is 5.66 Å². The van der Waals surface area contributed by atoms with Crippen LogP contribution in [0.1, 0.15) is 106 Å². The number of nitrogens with zero attached hydrogens (tertiary/aromatic N) is 3. The number of anilines is 1. The topological polar surface area (TPSA) is 77.3 Å². The molecule has 8 heteroatoms. The quantitative estimate of drug-likeness (QED) is 0.170. The molecule has 7 aliphatic carbocycles. The van der Waals surface area contributed by atoms with Crippen molar-refractivity contribution >= 4 is 28.1 Å². The highest BCUT2D eigenvalue weighted by Crippen LogP contribution is 2.57. The molecule has 5 aliphatic heterocycles.